The molecule has 0 amide bonds. The zero-order valence-corrected chi connectivity index (χ0v) is 13.1. The molecule has 0 spiro atoms. The molecule has 1 aromatic heterocycles. The minimum Gasteiger partial charge on any atom is -0.481 e. The first kappa shape index (κ1) is 13.8. The molecule has 1 unspecified atom stereocenters. The largest absolute Gasteiger partial charge is 0.481 e. The van der Waals surface area contributed by atoms with Crippen molar-refractivity contribution in [1.29, 1.82) is 0 Å². The number of hydrogen-bond acceptors (Lipinski definition) is 4. The molecule has 4 nitrogen and oxygen atoms in total. The van der Waals surface area contributed by atoms with Crippen LogP contribution in [-0.4, -0.2) is 22.6 Å². The summed E-state index contributed by atoms with van der Waals surface area (Å²) in [6.07, 6.45) is 3.15. The molecule has 2 aromatic rings. The number of nitrogens with zero attached hydrogens (tertiary/aromatic N) is 2. The average molecular weight is 314 g/mol. The lowest BCUT2D eigenvalue weighted by Crippen LogP contribution is -2.38. The van der Waals surface area contributed by atoms with Gasteiger partial charge < -0.3 is 10.0 Å². The predicted octanol–water partition coefficient (Wildman–Crippen LogP) is 3.28. The summed E-state index contributed by atoms with van der Waals surface area (Å²) in [6.45, 7) is 1.26. The topological polar surface area (TPSA) is 53.4 Å². The van der Waals surface area contributed by atoms with Crippen molar-refractivity contribution in [1.82, 2.24) is 4.98 Å². The molecule has 114 valence electrons. The molecule has 2 aliphatic rings. The van der Waals surface area contributed by atoms with Gasteiger partial charge in [0.05, 0.1) is 23.2 Å². The van der Waals surface area contributed by atoms with Crippen LogP contribution in [0.4, 0.5) is 5.69 Å². The highest BCUT2D eigenvalue weighted by Gasteiger charge is 2.30. The lowest BCUT2D eigenvalue weighted by atomic mass is 9.92. The molecule has 1 aliphatic heterocycles. The van der Waals surface area contributed by atoms with Crippen molar-refractivity contribution in [3.05, 3.63) is 45.9 Å². The molecule has 1 aromatic carbocycles. The van der Waals surface area contributed by atoms with Crippen molar-refractivity contribution in [2.24, 2.45) is 5.92 Å². The van der Waals surface area contributed by atoms with Gasteiger partial charge >= 0.3 is 5.97 Å². The fraction of sp³-hybridized carbons (Fsp3) is 0.412. The molecular formula is C17H18N2O2S. The van der Waals surface area contributed by atoms with Crippen molar-refractivity contribution in [3.63, 3.8) is 0 Å². The van der Waals surface area contributed by atoms with Gasteiger partial charge in [0.15, 0.2) is 0 Å². The van der Waals surface area contributed by atoms with Crippen molar-refractivity contribution in [2.45, 2.75) is 31.7 Å². The summed E-state index contributed by atoms with van der Waals surface area (Å²) in [5, 5.41) is 12.8. The van der Waals surface area contributed by atoms with Crippen LogP contribution in [0, 0.1) is 5.92 Å². The second-order valence-electron chi connectivity index (χ2n) is 6.20. The van der Waals surface area contributed by atoms with Gasteiger partial charge in [0.1, 0.15) is 0 Å². The van der Waals surface area contributed by atoms with Crippen molar-refractivity contribution >= 4 is 23.0 Å². The third kappa shape index (κ3) is 2.61. The van der Waals surface area contributed by atoms with E-state index in [9.17, 15) is 9.90 Å². The van der Waals surface area contributed by atoms with Gasteiger partial charge in [0.2, 0.25) is 0 Å². The molecule has 0 radical (unpaired) electrons. The Labute approximate surface area is 133 Å². The zero-order valence-electron chi connectivity index (χ0n) is 12.2. The molecule has 22 heavy (non-hydrogen) atoms. The minimum atomic E-state index is -0.712. The SMILES string of the molecule is O=C(O)C1Cc2ccccc2N(Cc2csc(C3CC3)n2)C1. The third-order valence-corrected chi connectivity index (χ3v) is 5.49. The summed E-state index contributed by atoms with van der Waals surface area (Å²) in [5.41, 5.74) is 3.34. The third-order valence-electron chi connectivity index (χ3n) is 4.44. The number of aromatic nitrogens is 1. The molecule has 1 N–H and O–H groups in total. The first-order valence-corrected chi connectivity index (χ1v) is 8.58. The Morgan fingerprint density at radius 2 is 2.18 bits per heavy atom. The van der Waals surface area contributed by atoms with Crippen molar-refractivity contribution in [2.75, 3.05) is 11.4 Å². The van der Waals surface area contributed by atoms with E-state index in [0.717, 1.165) is 16.9 Å². The first-order valence-electron chi connectivity index (χ1n) is 7.70. The summed E-state index contributed by atoms with van der Waals surface area (Å²) in [6, 6.07) is 8.12. The van der Waals surface area contributed by atoms with E-state index in [2.05, 4.69) is 16.3 Å². The number of rotatable bonds is 4. The Bertz CT molecular complexity index is 708. The van der Waals surface area contributed by atoms with E-state index in [1.54, 1.807) is 11.3 Å². The smallest absolute Gasteiger partial charge is 0.308 e. The molecule has 4 rings (SSSR count). The van der Waals surface area contributed by atoms with Gasteiger partial charge in [0.25, 0.3) is 0 Å². The Morgan fingerprint density at radius 1 is 1.36 bits per heavy atom. The van der Waals surface area contributed by atoms with E-state index in [1.165, 1.54) is 17.8 Å². The highest BCUT2D eigenvalue weighted by atomic mass is 32.1. The van der Waals surface area contributed by atoms with Crippen LogP contribution in [0.2, 0.25) is 0 Å². The fourth-order valence-corrected chi connectivity index (χ4v) is 4.09. The summed E-state index contributed by atoms with van der Waals surface area (Å²) in [5.74, 6) is -0.368. The molecule has 2 heterocycles. The maximum absolute atomic E-state index is 11.4. The van der Waals surface area contributed by atoms with Gasteiger partial charge in [-0.1, -0.05) is 18.2 Å². The van der Waals surface area contributed by atoms with Gasteiger partial charge in [0, 0.05) is 23.5 Å². The molecule has 1 atom stereocenters. The summed E-state index contributed by atoms with van der Waals surface area (Å²) in [4.78, 5) is 18.3. The Morgan fingerprint density at radius 3 is 2.95 bits per heavy atom. The molecule has 1 fully saturated rings. The minimum absolute atomic E-state index is 0.337. The molecule has 5 heteroatoms. The van der Waals surface area contributed by atoms with Crippen LogP contribution in [0.25, 0.3) is 0 Å². The van der Waals surface area contributed by atoms with Crippen molar-refractivity contribution in [3.8, 4) is 0 Å². The predicted molar refractivity (Wildman–Crippen MR) is 86.4 cm³/mol. The van der Waals surface area contributed by atoms with Crippen molar-refractivity contribution < 1.29 is 9.90 Å². The zero-order chi connectivity index (χ0) is 15.1. The Hall–Kier alpha value is -1.88. The van der Waals surface area contributed by atoms with Gasteiger partial charge in [-0.05, 0) is 30.9 Å². The molecule has 1 saturated carbocycles. The maximum atomic E-state index is 11.4. The van der Waals surface area contributed by atoms with Crippen LogP contribution in [-0.2, 0) is 17.8 Å². The van der Waals surface area contributed by atoms with E-state index in [-0.39, 0.29) is 5.92 Å². The molecule has 0 bridgehead atoms. The fourth-order valence-electron chi connectivity index (χ4n) is 3.11. The standard InChI is InChI=1S/C17H18N2O2S/c20-17(21)13-7-12-3-1-2-4-15(12)19(8-13)9-14-10-22-16(18-14)11-5-6-11/h1-4,10-11,13H,5-9H2,(H,20,21). The lowest BCUT2D eigenvalue weighted by molar-refractivity contribution is -0.141. The van der Waals surface area contributed by atoms with Gasteiger partial charge in [-0.15, -0.1) is 11.3 Å². The summed E-state index contributed by atoms with van der Waals surface area (Å²) >= 11 is 1.74. The van der Waals surface area contributed by atoms with Gasteiger partial charge in [-0.3, -0.25) is 4.79 Å². The summed E-state index contributed by atoms with van der Waals surface area (Å²) < 4.78 is 0. The Kier molecular flexibility index (Phi) is 3.37. The lowest BCUT2D eigenvalue weighted by Gasteiger charge is -2.34. The number of hydrogen-bond donors (Lipinski definition) is 1. The van der Waals surface area contributed by atoms with Crippen LogP contribution in [0.15, 0.2) is 29.6 Å². The number of benzene rings is 1. The van der Waals surface area contributed by atoms with E-state index < -0.39 is 5.97 Å². The van der Waals surface area contributed by atoms with E-state index in [0.29, 0.717) is 25.4 Å². The summed E-state index contributed by atoms with van der Waals surface area (Å²) in [7, 11) is 0. The van der Waals surface area contributed by atoms with E-state index in [4.69, 9.17) is 4.98 Å². The highest BCUT2D eigenvalue weighted by Crippen LogP contribution is 2.41. The number of carboxylic acids is 1. The maximum Gasteiger partial charge on any atom is 0.308 e. The highest BCUT2D eigenvalue weighted by molar-refractivity contribution is 7.09. The number of aliphatic carboxylic acids is 1. The first-order chi connectivity index (χ1) is 10.7. The number of thiazole rings is 1. The van der Waals surface area contributed by atoms with E-state index >= 15 is 0 Å². The van der Waals surface area contributed by atoms with Gasteiger partial charge in [-0.25, -0.2) is 4.98 Å². The van der Waals surface area contributed by atoms with Crippen LogP contribution in [0.3, 0.4) is 0 Å². The number of carboxylic acid groups (broad SMARTS) is 1. The molecular weight excluding hydrogens is 296 g/mol. The second kappa shape index (κ2) is 5.39. The quantitative estimate of drug-likeness (QED) is 0.941. The molecule has 0 saturated heterocycles. The normalized spacial score (nSPS) is 20.7. The van der Waals surface area contributed by atoms with Crippen LogP contribution < -0.4 is 4.90 Å². The second-order valence-corrected chi connectivity index (χ2v) is 7.09. The van der Waals surface area contributed by atoms with Gasteiger partial charge in [-0.2, -0.15) is 0 Å². The molecule has 1 aliphatic carbocycles. The Balaban J connectivity index is 1.59. The number of para-hydroxylation sites is 1. The van der Waals surface area contributed by atoms with E-state index in [1.807, 2.05) is 18.2 Å². The van der Waals surface area contributed by atoms with Crippen LogP contribution in [0.1, 0.15) is 35.0 Å². The number of carbonyl (C=O) groups is 1. The number of fused-ring (bicyclic) bond motifs is 1. The van der Waals surface area contributed by atoms with Crippen LogP contribution in [0.5, 0.6) is 0 Å². The average Bonchev–Trinajstić information content (AvgIpc) is 3.27. The monoisotopic (exact) mass is 314 g/mol. The van der Waals surface area contributed by atoms with Crippen LogP contribution >= 0.6 is 11.3 Å². The number of anilines is 1.